The molecule has 0 aromatic heterocycles. The topological polar surface area (TPSA) is 35.5 Å². The summed E-state index contributed by atoms with van der Waals surface area (Å²) in [6, 6.07) is 13.2. The van der Waals surface area contributed by atoms with Crippen LogP contribution in [0.5, 0.6) is 5.75 Å². The zero-order valence-electron chi connectivity index (χ0n) is 13.6. The third kappa shape index (κ3) is 5.29. The highest BCUT2D eigenvalue weighted by Crippen LogP contribution is 2.27. The minimum atomic E-state index is -0.392. The first-order valence-electron chi connectivity index (χ1n) is 7.59. The van der Waals surface area contributed by atoms with E-state index in [0.717, 1.165) is 22.4 Å². The van der Waals surface area contributed by atoms with E-state index in [1.807, 2.05) is 37.3 Å². The van der Waals surface area contributed by atoms with Gasteiger partial charge in [-0.25, -0.2) is 4.79 Å². The van der Waals surface area contributed by atoms with Gasteiger partial charge in [0.25, 0.3) is 0 Å². The second-order valence-electron chi connectivity index (χ2n) is 5.77. The van der Waals surface area contributed by atoms with Crippen molar-refractivity contribution in [2.24, 2.45) is 0 Å². The Morgan fingerprint density at radius 2 is 1.83 bits per heavy atom. The Morgan fingerprint density at radius 1 is 1.13 bits per heavy atom. The van der Waals surface area contributed by atoms with Gasteiger partial charge >= 0.3 is 5.97 Å². The summed E-state index contributed by atoms with van der Waals surface area (Å²) >= 11 is 5.82. The number of carbonyl (C=O) groups excluding carboxylic acids is 1. The minimum absolute atomic E-state index is 0.100. The molecule has 0 amide bonds. The number of carbonyl (C=O) groups is 1. The van der Waals surface area contributed by atoms with Gasteiger partial charge < -0.3 is 9.47 Å². The molecule has 0 atom stereocenters. The van der Waals surface area contributed by atoms with Crippen LogP contribution in [0.4, 0.5) is 0 Å². The molecule has 3 nitrogen and oxygen atoms in total. The van der Waals surface area contributed by atoms with Crippen molar-refractivity contribution < 1.29 is 14.3 Å². The fraction of sp³-hybridized carbons (Fsp3) is 0.316. The Bertz CT molecular complexity index is 663. The van der Waals surface area contributed by atoms with Gasteiger partial charge in [-0.3, -0.25) is 0 Å². The molecular weight excluding hydrogens is 312 g/mol. The third-order valence-corrected chi connectivity index (χ3v) is 3.70. The quantitative estimate of drug-likeness (QED) is 0.706. The van der Waals surface area contributed by atoms with Gasteiger partial charge in [-0.05, 0) is 47.7 Å². The van der Waals surface area contributed by atoms with Crippen molar-refractivity contribution in [3.63, 3.8) is 0 Å². The van der Waals surface area contributed by atoms with Crippen LogP contribution in [0.25, 0.3) is 0 Å². The average molecular weight is 333 g/mol. The van der Waals surface area contributed by atoms with Crippen molar-refractivity contribution in [2.75, 3.05) is 6.61 Å². The molecule has 2 aromatic rings. The van der Waals surface area contributed by atoms with Crippen LogP contribution in [0.15, 0.2) is 42.5 Å². The molecule has 0 radical (unpaired) electrons. The summed E-state index contributed by atoms with van der Waals surface area (Å²) in [6.07, 6.45) is 0. The maximum Gasteiger partial charge on any atom is 0.344 e. The van der Waals surface area contributed by atoms with Crippen molar-refractivity contribution in [2.45, 2.75) is 33.3 Å². The van der Waals surface area contributed by atoms with Gasteiger partial charge in [-0.15, -0.1) is 0 Å². The van der Waals surface area contributed by atoms with Crippen molar-refractivity contribution >= 4 is 17.6 Å². The van der Waals surface area contributed by atoms with E-state index >= 15 is 0 Å². The molecule has 0 saturated heterocycles. The van der Waals surface area contributed by atoms with Gasteiger partial charge in [0.05, 0.1) is 0 Å². The molecule has 122 valence electrons. The summed E-state index contributed by atoms with van der Waals surface area (Å²) in [5, 5.41) is 0.657. The van der Waals surface area contributed by atoms with E-state index in [2.05, 4.69) is 13.8 Å². The lowest BCUT2D eigenvalue weighted by Crippen LogP contribution is -2.15. The molecule has 0 spiro atoms. The number of benzene rings is 2. The minimum Gasteiger partial charge on any atom is -0.482 e. The van der Waals surface area contributed by atoms with Crippen LogP contribution in [-0.2, 0) is 16.1 Å². The van der Waals surface area contributed by atoms with E-state index in [9.17, 15) is 4.79 Å². The lowest BCUT2D eigenvalue weighted by atomic mass is 10.0. The Kier molecular flexibility index (Phi) is 6.05. The van der Waals surface area contributed by atoms with Gasteiger partial charge in [0.15, 0.2) is 6.61 Å². The molecule has 2 rings (SSSR count). The molecule has 4 heteroatoms. The highest BCUT2D eigenvalue weighted by molar-refractivity contribution is 6.30. The van der Waals surface area contributed by atoms with Crippen LogP contribution >= 0.6 is 11.6 Å². The van der Waals surface area contributed by atoms with Crippen LogP contribution in [0, 0.1) is 6.92 Å². The first-order valence-corrected chi connectivity index (χ1v) is 7.97. The molecule has 0 fully saturated rings. The van der Waals surface area contributed by atoms with Crippen LogP contribution < -0.4 is 4.74 Å². The van der Waals surface area contributed by atoms with Crippen molar-refractivity contribution in [1.82, 2.24) is 0 Å². The lowest BCUT2D eigenvalue weighted by molar-refractivity contribution is -0.147. The molecule has 0 aliphatic rings. The molecule has 0 aliphatic carbocycles. The first kappa shape index (κ1) is 17.4. The molecule has 23 heavy (non-hydrogen) atoms. The monoisotopic (exact) mass is 332 g/mol. The van der Waals surface area contributed by atoms with E-state index in [4.69, 9.17) is 21.1 Å². The zero-order chi connectivity index (χ0) is 16.8. The predicted octanol–water partition coefficient (Wildman–Crippen LogP) is 4.89. The number of aryl methyl sites for hydroxylation is 1. The van der Waals surface area contributed by atoms with Crippen molar-refractivity contribution in [1.29, 1.82) is 0 Å². The Labute approximate surface area is 142 Å². The van der Waals surface area contributed by atoms with Crippen molar-refractivity contribution in [3.05, 3.63) is 64.2 Å². The largest absolute Gasteiger partial charge is 0.482 e. The van der Waals surface area contributed by atoms with Crippen molar-refractivity contribution in [3.8, 4) is 5.75 Å². The summed E-state index contributed by atoms with van der Waals surface area (Å²) in [7, 11) is 0. The molecule has 0 bridgehead atoms. The number of hydrogen-bond acceptors (Lipinski definition) is 3. The van der Waals surface area contributed by atoms with Crippen LogP contribution in [-0.4, -0.2) is 12.6 Å². The second-order valence-corrected chi connectivity index (χ2v) is 6.21. The van der Waals surface area contributed by atoms with Crippen LogP contribution in [0.3, 0.4) is 0 Å². The fourth-order valence-corrected chi connectivity index (χ4v) is 2.29. The second kappa shape index (κ2) is 8.02. The first-order chi connectivity index (χ1) is 11.0. The van der Waals surface area contributed by atoms with Gasteiger partial charge in [0, 0.05) is 5.02 Å². The summed E-state index contributed by atoms with van der Waals surface area (Å²) in [6.45, 7) is 6.30. The standard InChI is InChI=1S/C19H21ClO3/c1-13(2)17-9-4-14(3)10-18(17)22-12-19(21)23-11-15-5-7-16(20)8-6-15/h4-10,13H,11-12H2,1-3H3. The molecular formula is C19H21ClO3. The van der Waals surface area contributed by atoms with Crippen LogP contribution in [0.2, 0.25) is 5.02 Å². The van der Waals surface area contributed by atoms with Crippen LogP contribution in [0.1, 0.15) is 36.5 Å². The molecule has 2 aromatic carbocycles. The van der Waals surface area contributed by atoms with Gasteiger partial charge in [0.2, 0.25) is 0 Å². The number of esters is 1. The van der Waals surface area contributed by atoms with E-state index in [1.165, 1.54) is 0 Å². The number of hydrogen-bond donors (Lipinski definition) is 0. The smallest absolute Gasteiger partial charge is 0.344 e. The molecule has 0 unspecified atom stereocenters. The summed E-state index contributed by atoms with van der Waals surface area (Å²) < 4.78 is 10.9. The van der Waals surface area contributed by atoms with E-state index in [-0.39, 0.29) is 13.2 Å². The molecule has 0 heterocycles. The number of halogens is 1. The van der Waals surface area contributed by atoms with E-state index in [1.54, 1.807) is 12.1 Å². The SMILES string of the molecule is Cc1ccc(C(C)C)c(OCC(=O)OCc2ccc(Cl)cc2)c1. The number of ether oxygens (including phenoxy) is 2. The average Bonchev–Trinajstić information content (AvgIpc) is 2.52. The predicted molar refractivity (Wildman–Crippen MR) is 92.0 cm³/mol. The maximum absolute atomic E-state index is 11.8. The molecule has 0 saturated carbocycles. The normalized spacial score (nSPS) is 10.7. The third-order valence-electron chi connectivity index (χ3n) is 3.45. The fourth-order valence-electron chi connectivity index (χ4n) is 2.17. The van der Waals surface area contributed by atoms with E-state index in [0.29, 0.717) is 10.9 Å². The van der Waals surface area contributed by atoms with Gasteiger partial charge in [-0.2, -0.15) is 0 Å². The lowest BCUT2D eigenvalue weighted by Gasteiger charge is -2.14. The van der Waals surface area contributed by atoms with E-state index < -0.39 is 5.97 Å². The Balaban J connectivity index is 1.89. The summed E-state index contributed by atoms with van der Waals surface area (Å²) in [5.41, 5.74) is 3.07. The summed E-state index contributed by atoms with van der Waals surface area (Å²) in [4.78, 5) is 11.8. The summed E-state index contributed by atoms with van der Waals surface area (Å²) in [5.74, 6) is 0.676. The Hall–Kier alpha value is -2.00. The highest BCUT2D eigenvalue weighted by Gasteiger charge is 2.11. The highest BCUT2D eigenvalue weighted by atomic mass is 35.5. The number of rotatable bonds is 6. The molecule has 0 N–H and O–H groups in total. The van der Waals surface area contributed by atoms with Gasteiger partial charge in [-0.1, -0.05) is 49.7 Å². The van der Waals surface area contributed by atoms with Gasteiger partial charge in [0.1, 0.15) is 12.4 Å². The Morgan fingerprint density at radius 3 is 2.48 bits per heavy atom. The molecule has 0 aliphatic heterocycles. The zero-order valence-corrected chi connectivity index (χ0v) is 14.4. The maximum atomic E-state index is 11.8.